The summed E-state index contributed by atoms with van der Waals surface area (Å²) < 4.78 is 78.9. The molecule has 1 aromatic carbocycles. The van der Waals surface area contributed by atoms with Crippen LogP contribution >= 0.6 is 0 Å². The number of ether oxygens (including phenoxy) is 2. The van der Waals surface area contributed by atoms with Gasteiger partial charge in [-0.15, -0.1) is 13.2 Å². The number of carbonyl (C=O) groups excluding carboxylic acids is 1. The maximum atomic E-state index is 12.7. The molecule has 0 unspecified atom stereocenters. The van der Waals surface area contributed by atoms with Crippen LogP contribution in [0.1, 0.15) is 31.2 Å². The third kappa shape index (κ3) is 5.81. The van der Waals surface area contributed by atoms with E-state index in [1.165, 1.54) is 19.2 Å². The van der Waals surface area contributed by atoms with Crippen LogP contribution in [0.25, 0.3) is 0 Å². The molecule has 2 fully saturated rings. The lowest BCUT2D eigenvalue weighted by Gasteiger charge is -2.41. The monoisotopic (exact) mass is 457 g/mol. The first-order valence-electron chi connectivity index (χ1n) is 9.16. The first-order chi connectivity index (χ1) is 14.2. The molecule has 2 aliphatic rings. The molecular weight excluding hydrogens is 436 g/mol. The van der Waals surface area contributed by atoms with Crippen molar-refractivity contribution in [3.05, 3.63) is 23.8 Å². The number of carbonyl (C=O) groups is 2. The maximum Gasteiger partial charge on any atom is 0.573 e. The Labute approximate surface area is 173 Å². The van der Waals surface area contributed by atoms with E-state index in [1.54, 1.807) is 6.07 Å². The summed E-state index contributed by atoms with van der Waals surface area (Å²) in [7, 11) is 3.27. The number of nitrogens with zero attached hydrogens (tertiary/aromatic N) is 1. The van der Waals surface area contributed by atoms with E-state index in [1.807, 2.05) is 7.05 Å². The van der Waals surface area contributed by atoms with Gasteiger partial charge < -0.3 is 19.5 Å². The number of alkyl halides is 6. The largest absolute Gasteiger partial charge is 0.573 e. The quantitative estimate of drug-likeness (QED) is 0.694. The van der Waals surface area contributed by atoms with Gasteiger partial charge in [-0.05, 0) is 44.1 Å². The number of aliphatic carboxylic acids is 1. The predicted octanol–water partition coefficient (Wildman–Crippen LogP) is 3.92. The second-order valence-corrected chi connectivity index (χ2v) is 7.36. The van der Waals surface area contributed by atoms with Gasteiger partial charge in [-0.1, -0.05) is 6.07 Å². The van der Waals surface area contributed by atoms with Crippen LogP contribution in [0.4, 0.5) is 26.3 Å². The minimum Gasteiger partial charge on any atom is -0.493 e. The molecule has 6 nitrogen and oxygen atoms in total. The lowest BCUT2D eigenvalue weighted by molar-refractivity contribution is -0.275. The molecule has 0 amide bonds. The first kappa shape index (κ1) is 24.8. The molecule has 0 radical (unpaired) electrons. The number of benzene rings is 1. The average molecular weight is 457 g/mol. The van der Waals surface area contributed by atoms with Gasteiger partial charge >= 0.3 is 18.5 Å². The molecule has 31 heavy (non-hydrogen) atoms. The minimum atomic E-state index is -5.08. The first-order valence-corrected chi connectivity index (χ1v) is 9.16. The zero-order valence-electron chi connectivity index (χ0n) is 16.6. The van der Waals surface area contributed by atoms with Gasteiger partial charge in [0.05, 0.1) is 7.11 Å². The van der Waals surface area contributed by atoms with E-state index in [2.05, 4.69) is 9.64 Å². The van der Waals surface area contributed by atoms with E-state index in [0.717, 1.165) is 18.5 Å². The van der Waals surface area contributed by atoms with E-state index >= 15 is 0 Å². The molecule has 0 bridgehead atoms. The Bertz CT molecular complexity index is 825. The van der Waals surface area contributed by atoms with Crippen LogP contribution in [0.3, 0.4) is 0 Å². The number of carboxylic acid groups (broad SMARTS) is 1. The smallest absolute Gasteiger partial charge is 0.493 e. The van der Waals surface area contributed by atoms with Crippen molar-refractivity contribution in [1.29, 1.82) is 0 Å². The molecule has 1 saturated heterocycles. The van der Waals surface area contributed by atoms with E-state index in [9.17, 15) is 31.1 Å². The highest BCUT2D eigenvalue weighted by atomic mass is 19.4. The number of rotatable bonds is 3. The van der Waals surface area contributed by atoms with Gasteiger partial charge in [0, 0.05) is 24.3 Å². The zero-order valence-corrected chi connectivity index (χ0v) is 16.6. The summed E-state index contributed by atoms with van der Waals surface area (Å²) >= 11 is 0. The van der Waals surface area contributed by atoms with E-state index < -0.39 is 18.5 Å². The van der Waals surface area contributed by atoms with Gasteiger partial charge in [0.25, 0.3) is 0 Å². The molecule has 0 aromatic heterocycles. The minimum absolute atomic E-state index is 0.0193. The van der Waals surface area contributed by atoms with E-state index in [0.29, 0.717) is 19.3 Å². The molecule has 3 rings (SSSR count). The van der Waals surface area contributed by atoms with Gasteiger partial charge in [0.2, 0.25) is 0 Å². The zero-order chi connectivity index (χ0) is 23.6. The second kappa shape index (κ2) is 8.93. The number of likely N-dealkylation sites (tertiary alicyclic amines) is 1. The van der Waals surface area contributed by atoms with Crippen molar-refractivity contribution in [2.24, 2.45) is 0 Å². The van der Waals surface area contributed by atoms with Gasteiger partial charge in [-0.2, -0.15) is 13.2 Å². The summed E-state index contributed by atoms with van der Waals surface area (Å²) in [6.45, 7) is 0.819. The Balaban J connectivity index is 0.000000423. The number of fused-ring (bicyclic) bond motifs is 1. The van der Waals surface area contributed by atoms with Crippen molar-refractivity contribution >= 4 is 11.8 Å². The second-order valence-electron chi connectivity index (χ2n) is 7.36. The molecule has 1 aliphatic heterocycles. The number of ketones is 1. The average Bonchev–Trinajstić information content (AvgIpc) is 2.98. The highest BCUT2D eigenvalue weighted by Gasteiger charge is 2.50. The van der Waals surface area contributed by atoms with Crippen molar-refractivity contribution < 1.29 is 50.5 Å². The number of likely N-dealkylation sites (N-methyl/N-ethyl adjacent to an activating group) is 1. The number of methoxy groups -OCH3 is 1. The molecule has 12 heteroatoms. The molecule has 1 aliphatic carbocycles. The van der Waals surface area contributed by atoms with E-state index in [4.69, 9.17) is 14.6 Å². The summed E-state index contributed by atoms with van der Waals surface area (Å²) in [6.07, 6.45) is -7.49. The highest BCUT2D eigenvalue weighted by Crippen LogP contribution is 2.49. The molecule has 1 heterocycles. The lowest BCUT2D eigenvalue weighted by atomic mass is 9.66. The molecule has 1 saturated carbocycles. The van der Waals surface area contributed by atoms with Crippen molar-refractivity contribution in [3.63, 3.8) is 0 Å². The predicted molar refractivity (Wildman–Crippen MR) is 94.9 cm³/mol. The van der Waals surface area contributed by atoms with Crippen LogP contribution in [0.15, 0.2) is 18.2 Å². The van der Waals surface area contributed by atoms with Gasteiger partial charge in [0.1, 0.15) is 5.78 Å². The molecule has 174 valence electrons. The number of halogens is 6. The van der Waals surface area contributed by atoms with Crippen LogP contribution in [0.2, 0.25) is 0 Å². The third-order valence-electron chi connectivity index (χ3n) is 5.56. The summed E-state index contributed by atoms with van der Waals surface area (Å²) in [5.74, 6) is -2.83. The SMILES string of the molecule is COc1ccc([C@@]23CCC(=O)C[C@@H]2N(C)CC3)cc1OC(F)(F)F.O=C(O)C(F)(F)F. The van der Waals surface area contributed by atoms with Gasteiger partial charge in [-0.3, -0.25) is 4.79 Å². The van der Waals surface area contributed by atoms with Crippen LogP contribution in [-0.2, 0) is 15.0 Å². The Kier molecular flexibility index (Phi) is 7.14. The summed E-state index contributed by atoms with van der Waals surface area (Å²) in [6, 6.07) is 4.75. The highest BCUT2D eigenvalue weighted by molar-refractivity contribution is 5.81. The molecule has 1 aromatic rings. The summed E-state index contributed by atoms with van der Waals surface area (Å²) in [4.78, 5) is 22.9. The third-order valence-corrected chi connectivity index (χ3v) is 5.56. The van der Waals surface area contributed by atoms with E-state index in [-0.39, 0.29) is 28.7 Å². The van der Waals surface area contributed by atoms with Crippen molar-refractivity contribution in [2.75, 3.05) is 20.7 Å². The standard InChI is InChI=1S/C17H20F3NO3.C2HF3O2/c1-21-8-7-16(6-5-12(22)10-15(16)21)11-3-4-13(23-2)14(9-11)24-17(18,19)20;3-2(4,5)1(6)7/h3-4,9,15H,5-8,10H2,1-2H3;(H,6,7)/t15-,16-;/m0./s1. The maximum absolute atomic E-state index is 12.7. The molecule has 2 atom stereocenters. The lowest BCUT2D eigenvalue weighted by Crippen LogP contribution is -2.46. The number of Topliss-reactive ketones (excluding diaryl/α,β-unsaturated/α-hetero) is 1. The summed E-state index contributed by atoms with van der Waals surface area (Å²) in [5.41, 5.74) is 0.475. The fourth-order valence-electron chi connectivity index (χ4n) is 4.12. The summed E-state index contributed by atoms with van der Waals surface area (Å²) in [5, 5.41) is 7.12. The Morgan fingerprint density at radius 1 is 1.16 bits per heavy atom. The Hall–Kier alpha value is -2.50. The Morgan fingerprint density at radius 2 is 1.77 bits per heavy atom. The Morgan fingerprint density at radius 3 is 2.29 bits per heavy atom. The number of hydrogen-bond acceptors (Lipinski definition) is 5. The molecule has 0 spiro atoms. The molecule has 1 N–H and O–H groups in total. The van der Waals surface area contributed by atoms with Crippen LogP contribution in [0, 0.1) is 0 Å². The van der Waals surface area contributed by atoms with Crippen molar-refractivity contribution in [2.45, 2.75) is 49.7 Å². The van der Waals surface area contributed by atoms with Gasteiger partial charge in [-0.25, -0.2) is 4.79 Å². The van der Waals surface area contributed by atoms with Crippen molar-refractivity contribution in [3.8, 4) is 11.5 Å². The number of carboxylic acids is 1. The molecular formula is C19H21F6NO5. The normalized spacial score (nSPS) is 24.1. The topological polar surface area (TPSA) is 76.1 Å². The van der Waals surface area contributed by atoms with Gasteiger partial charge in [0.15, 0.2) is 11.5 Å². The fourth-order valence-corrected chi connectivity index (χ4v) is 4.12. The number of hydrogen-bond donors (Lipinski definition) is 1. The van der Waals surface area contributed by atoms with Crippen molar-refractivity contribution in [1.82, 2.24) is 4.90 Å². The van der Waals surface area contributed by atoms with Crippen LogP contribution in [0.5, 0.6) is 11.5 Å². The van der Waals surface area contributed by atoms with Crippen LogP contribution in [-0.4, -0.2) is 61.0 Å². The fraction of sp³-hybridized carbons (Fsp3) is 0.579. The van der Waals surface area contributed by atoms with Crippen LogP contribution < -0.4 is 9.47 Å².